The predicted molar refractivity (Wildman–Crippen MR) is 160 cm³/mol. The van der Waals surface area contributed by atoms with Gasteiger partial charge < -0.3 is 23.9 Å². The van der Waals surface area contributed by atoms with E-state index in [0.717, 1.165) is 35.0 Å². The number of ether oxygens (including phenoxy) is 2. The van der Waals surface area contributed by atoms with E-state index >= 15 is 0 Å². The van der Waals surface area contributed by atoms with Gasteiger partial charge in [-0.05, 0) is 36.6 Å². The molecule has 5 heterocycles. The van der Waals surface area contributed by atoms with Crippen LogP contribution in [0.4, 0.5) is 13.2 Å². The lowest BCUT2D eigenvalue weighted by atomic mass is 10.1. The number of amides is 1. The molecule has 2 atom stereocenters. The van der Waals surface area contributed by atoms with Gasteiger partial charge in [0.15, 0.2) is 0 Å². The van der Waals surface area contributed by atoms with Crippen LogP contribution in [-0.2, 0) is 22.3 Å². The van der Waals surface area contributed by atoms with Crippen molar-refractivity contribution in [3.63, 3.8) is 0 Å². The van der Waals surface area contributed by atoms with Gasteiger partial charge in [-0.1, -0.05) is 30.3 Å². The van der Waals surface area contributed by atoms with Crippen LogP contribution in [-0.4, -0.2) is 86.7 Å². The number of methoxy groups -OCH3 is 1. The third kappa shape index (κ3) is 5.73. The number of imidazole rings is 2. The van der Waals surface area contributed by atoms with E-state index in [1.807, 2.05) is 30.3 Å². The average Bonchev–Trinajstić information content (AvgIpc) is 3.81. The fraction of sp³-hybridized carbons (Fsp3) is 0.375. The van der Waals surface area contributed by atoms with Crippen LogP contribution in [0.3, 0.4) is 0 Å². The van der Waals surface area contributed by atoms with Crippen LogP contribution in [0.1, 0.15) is 24.1 Å². The van der Waals surface area contributed by atoms with Crippen molar-refractivity contribution >= 4 is 27.8 Å². The number of carbonyl (C=O) groups excluding carboxylic acids is 1. The lowest BCUT2D eigenvalue weighted by molar-refractivity contribution is -0.148. The third-order valence-electron chi connectivity index (χ3n) is 8.61. The average molecular weight is 620 g/mol. The molecule has 5 aromatic rings. The number of alkyl halides is 3. The highest BCUT2D eigenvalue weighted by molar-refractivity contribution is 5.85. The summed E-state index contributed by atoms with van der Waals surface area (Å²) in [7, 11) is 1.55. The minimum Gasteiger partial charge on any atom is -0.480 e. The molecule has 45 heavy (non-hydrogen) atoms. The largest absolute Gasteiger partial charge is 0.480 e. The summed E-state index contributed by atoms with van der Waals surface area (Å²) in [5.41, 5.74) is 2.60. The number of H-pyrrole nitrogens is 1. The molecule has 1 amide bonds. The SMILES string of the molecule is COc1nc2ccccc2cc1-c1cnc([C@@H]2CN(CC3CCOC3)CCN2C(=O)Cn2c(C(F)(F)F)nc3ccccc32)[nH]1. The van der Waals surface area contributed by atoms with Crippen LogP contribution in [0.2, 0.25) is 0 Å². The van der Waals surface area contributed by atoms with Crippen LogP contribution in [0, 0.1) is 5.92 Å². The molecule has 13 heteroatoms. The Kier molecular flexibility index (Phi) is 7.66. The number of nitrogens with zero attached hydrogens (tertiary/aromatic N) is 6. The van der Waals surface area contributed by atoms with Gasteiger partial charge in [0.2, 0.25) is 17.6 Å². The molecule has 234 valence electrons. The van der Waals surface area contributed by atoms with Crippen molar-refractivity contribution in [3.8, 4) is 17.1 Å². The van der Waals surface area contributed by atoms with Gasteiger partial charge in [0.1, 0.15) is 18.4 Å². The highest BCUT2D eigenvalue weighted by Crippen LogP contribution is 2.35. The number of hydrogen-bond acceptors (Lipinski definition) is 7. The number of aromatic nitrogens is 5. The van der Waals surface area contributed by atoms with Crippen LogP contribution in [0.15, 0.2) is 60.8 Å². The van der Waals surface area contributed by atoms with E-state index in [-0.39, 0.29) is 11.0 Å². The van der Waals surface area contributed by atoms with E-state index in [2.05, 4.69) is 19.9 Å². The Morgan fingerprint density at radius 1 is 1.09 bits per heavy atom. The molecule has 0 aliphatic carbocycles. The number of halogens is 3. The van der Waals surface area contributed by atoms with E-state index in [0.29, 0.717) is 55.1 Å². The Labute approximate surface area is 256 Å². The zero-order valence-electron chi connectivity index (χ0n) is 24.6. The molecule has 0 bridgehead atoms. The summed E-state index contributed by atoms with van der Waals surface area (Å²) >= 11 is 0. The minimum absolute atomic E-state index is 0.186. The number of para-hydroxylation sites is 3. The molecule has 2 aromatic carbocycles. The number of aromatic amines is 1. The monoisotopic (exact) mass is 619 g/mol. The molecule has 2 aliphatic heterocycles. The number of piperazine rings is 1. The second-order valence-corrected chi connectivity index (χ2v) is 11.5. The van der Waals surface area contributed by atoms with Gasteiger partial charge >= 0.3 is 6.18 Å². The predicted octanol–water partition coefficient (Wildman–Crippen LogP) is 4.92. The molecule has 1 unspecified atom stereocenters. The molecular formula is C32H32F3N7O3. The zero-order chi connectivity index (χ0) is 31.1. The lowest BCUT2D eigenvalue weighted by Crippen LogP contribution is -2.52. The first-order chi connectivity index (χ1) is 21.8. The van der Waals surface area contributed by atoms with Crippen molar-refractivity contribution in [1.82, 2.24) is 34.3 Å². The Bertz CT molecular complexity index is 1850. The third-order valence-corrected chi connectivity index (χ3v) is 8.61. The highest BCUT2D eigenvalue weighted by atomic mass is 19.4. The second kappa shape index (κ2) is 11.8. The Balaban J connectivity index is 1.22. The van der Waals surface area contributed by atoms with E-state index < -0.39 is 30.5 Å². The molecule has 2 aliphatic rings. The van der Waals surface area contributed by atoms with Crippen molar-refractivity contribution in [1.29, 1.82) is 0 Å². The first kappa shape index (κ1) is 29.2. The summed E-state index contributed by atoms with van der Waals surface area (Å²) in [6.07, 6.45) is -2.07. The second-order valence-electron chi connectivity index (χ2n) is 11.5. The number of nitrogens with one attached hydrogen (secondary N) is 1. The first-order valence-corrected chi connectivity index (χ1v) is 14.9. The summed E-state index contributed by atoms with van der Waals surface area (Å²) in [6, 6.07) is 15.5. The summed E-state index contributed by atoms with van der Waals surface area (Å²) in [4.78, 5) is 34.4. The number of hydrogen-bond donors (Lipinski definition) is 1. The molecule has 0 saturated carbocycles. The Hall–Kier alpha value is -4.49. The van der Waals surface area contributed by atoms with Gasteiger partial charge in [-0.25, -0.2) is 15.0 Å². The Morgan fingerprint density at radius 3 is 2.67 bits per heavy atom. The molecule has 3 aromatic heterocycles. The number of benzene rings is 2. The van der Waals surface area contributed by atoms with E-state index in [4.69, 9.17) is 14.5 Å². The summed E-state index contributed by atoms with van der Waals surface area (Å²) in [6.45, 7) is 3.12. The molecular weight excluding hydrogens is 587 g/mol. The standard InChI is InChI=1S/C32H32F3N7O3/c1-44-30-22(14-21-6-2-3-7-23(21)38-30)25-15-36-29(37-25)27-17-40(16-20-10-13-45-19-20)11-12-41(27)28(43)18-42-26-9-5-4-8-24(26)39-31(42)32(33,34)35/h2-9,14-15,20,27H,10-13,16-19H2,1H3,(H,36,37)/t20?,27-/m0/s1. The van der Waals surface area contributed by atoms with E-state index in [1.54, 1.807) is 36.4 Å². The van der Waals surface area contributed by atoms with Crippen LogP contribution < -0.4 is 4.74 Å². The van der Waals surface area contributed by atoms with Crippen LogP contribution >= 0.6 is 0 Å². The fourth-order valence-corrected chi connectivity index (χ4v) is 6.40. The maximum Gasteiger partial charge on any atom is 0.449 e. The van der Waals surface area contributed by atoms with Crippen LogP contribution in [0.5, 0.6) is 5.88 Å². The molecule has 10 nitrogen and oxygen atoms in total. The minimum atomic E-state index is -4.72. The fourth-order valence-electron chi connectivity index (χ4n) is 6.40. The molecule has 7 rings (SSSR count). The first-order valence-electron chi connectivity index (χ1n) is 14.9. The molecule has 2 fully saturated rings. The smallest absolute Gasteiger partial charge is 0.449 e. The van der Waals surface area contributed by atoms with Crippen molar-refractivity contribution in [2.75, 3.05) is 46.5 Å². The summed E-state index contributed by atoms with van der Waals surface area (Å²) in [5, 5.41) is 0.928. The number of rotatable bonds is 7. The normalized spacial score (nSPS) is 19.5. The van der Waals surface area contributed by atoms with Crippen LogP contribution in [0.25, 0.3) is 33.2 Å². The molecule has 1 N–H and O–H groups in total. The van der Waals surface area contributed by atoms with Gasteiger partial charge in [-0.2, -0.15) is 13.2 Å². The lowest BCUT2D eigenvalue weighted by Gasteiger charge is -2.41. The topological polar surface area (TPSA) is 101 Å². The van der Waals surface area contributed by atoms with Gasteiger partial charge in [-0.3, -0.25) is 9.69 Å². The maximum atomic E-state index is 14.0. The maximum absolute atomic E-state index is 14.0. The van der Waals surface area contributed by atoms with Crippen molar-refractivity contribution in [3.05, 3.63) is 72.4 Å². The molecule has 0 spiro atoms. The van der Waals surface area contributed by atoms with Crippen molar-refractivity contribution < 1.29 is 27.4 Å². The number of pyridine rings is 1. The van der Waals surface area contributed by atoms with Crippen molar-refractivity contribution in [2.24, 2.45) is 5.92 Å². The molecule has 2 saturated heterocycles. The van der Waals surface area contributed by atoms with Gasteiger partial charge in [-0.15, -0.1) is 0 Å². The number of fused-ring (bicyclic) bond motifs is 2. The summed E-state index contributed by atoms with van der Waals surface area (Å²) < 4.78 is 54.2. The number of carbonyl (C=O) groups is 1. The van der Waals surface area contributed by atoms with Gasteiger partial charge in [0.25, 0.3) is 0 Å². The zero-order valence-corrected chi connectivity index (χ0v) is 24.6. The quantitative estimate of drug-likeness (QED) is 0.276. The summed E-state index contributed by atoms with van der Waals surface area (Å²) in [5.74, 6) is -0.188. The van der Waals surface area contributed by atoms with E-state index in [1.165, 1.54) is 6.07 Å². The van der Waals surface area contributed by atoms with Gasteiger partial charge in [0.05, 0.1) is 47.7 Å². The van der Waals surface area contributed by atoms with E-state index in [9.17, 15) is 18.0 Å². The van der Waals surface area contributed by atoms with Crippen molar-refractivity contribution in [2.45, 2.75) is 25.2 Å². The van der Waals surface area contributed by atoms with Gasteiger partial charge in [0, 0.05) is 38.2 Å². The highest BCUT2D eigenvalue weighted by Gasteiger charge is 2.40. The Morgan fingerprint density at radius 2 is 1.89 bits per heavy atom. The molecule has 0 radical (unpaired) electrons.